The highest BCUT2D eigenvalue weighted by Gasteiger charge is 1.96. The van der Waals surface area contributed by atoms with E-state index in [0.717, 1.165) is 18.2 Å². The largest absolute Gasteiger partial charge is 0.669 e. The summed E-state index contributed by atoms with van der Waals surface area (Å²) in [5, 5.41) is 0. The summed E-state index contributed by atoms with van der Waals surface area (Å²) in [5.41, 5.74) is 0.331. The Bertz CT molecular complexity index is 266. The highest BCUT2D eigenvalue weighted by atomic mass is 32.1. The average molecular weight is 172 g/mol. The first kappa shape index (κ1) is 8.07. The quantitative estimate of drug-likeness (QED) is 0.465. The number of hydrogen-bond donors (Lipinski definition) is 0. The lowest BCUT2D eigenvalue weighted by atomic mass is 10.2. The molecule has 0 aliphatic carbocycles. The molecule has 0 radical (unpaired) electrons. The van der Waals surface area contributed by atoms with E-state index in [4.69, 9.17) is 0 Å². The van der Waals surface area contributed by atoms with Gasteiger partial charge < -0.3 is 17.2 Å². The minimum Gasteiger partial charge on any atom is -0.669 e. The van der Waals surface area contributed by atoms with E-state index in [1.165, 1.54) is 6.21 Å². The number of hydrogen-bond acceptors (Lipinski definition) is 2. The summed E-state index contributed by atoms with van der Waals surface area (Å²) in [6.45, 7) is 0. The van der Waals surface area contributed by atoms with Crippen molar-refractivity contribution in [3.05, 3.63) is 35.4 Å². The Morgan fingerprint density at radius 3 is 2.18 bits per heavy atom. The zero-order valence-electron chi connectivity index (χ0n) is 5.42. The van der Waals surface area contributed by atoms with Gasteiger partial charge in [-0.3, -0.25) is 0 Å². The molecule has 0 unspecified atom stereocenters. The van der Waals surface area contributed by atoms with Crippen LogP contribution in [0, 0.1) is 11.6 Å². The molecule has 0 bridgehead atoms. The maximum absolute atomic E-state index is 12.4. The van der Waals surface area contributed by atoms with Crippen molar-refractivity contribution in [3.8, 4) is 0 Å². The van der Waals surface area contributed by atoms with E-state index in [2.05, 4.69) is 17.2 Å². The first-order chi connectivity index (χ1) is 5.22. The van der Waals surface area contributed by atoms with Crippen LogP contribution < -0.4 is 0 Å². The zero-order valence-corrected chi connectivity index (χ0v) is 6.24. The molecule has 1 aromatic carbocycles. The maximum atomic E-state index is 12.4. The van der Waals surface area contributed by atoms with Crippen LogP contribution >= 0.6 is 0 Å². The van der Waals surface area contributed by atoms with Crippen LogP contribution in [0.2, 0.25) is 0 Å². The summed E-state index contributed by atoms with van der Waals surface area (Å²) in [7, 11) is 0. The SMILES string of the molecule is Fc1cc(F)cc(/C=N/[S-])c1. The van der Waals surface area contributed by atoms with Gasteiger partial charge in [0.15, 0.2) is 0 Å². The summed E-state index contributed by atoms with van der Waals surface area (Å²) in [4.78, 5) is 0. The summed E-state index contributed by atoms with van der Waals surface area (Å²) >= 11 is 4.25. The molecular formula is C7H4F2NS-. The first-order valence-corrected chi connectivity index (χ1v) is 3.20. The van der Waals surface area contributed by atoms with Crippen molar-refractivity contribution in [2.75, 3.05) is 0 Å². The fourth-order valence-electron chi connectivity index (χ4n) is 0.711. The Labute approximate surface area is 68.3 Å². The Kier molecular flexibility index (Phi) is 2.48. The first-order valence-electron chi connectivity index (χ1n) is 2.84. The topological polar surface area (TPSA) is 12.4 Å². The highest BCUT2D eigenvalue weighted by molar-refractivity contribution is 7.57. The second-order valence-electron chi connectivity index (χ2n) is 1.94. The molecule has 0 atom stereocenters. The molecule has 0 aliphatic rings. The van der Waals surface area contributed by atoms with Gasteiger partial charge in [-0.05, 0) is 17.7 Å². The molecule has 0 heterocycles. The van der Waals surface area contributed by atoms with Gasteiger partial charge in [0, 0.05) is 12.3 Å². The fourth-order valence-corrected chi connectivity index (χ4v) is 0.832. The van der Waals surface area contributed by atoms with Crippen LogP contribution in [0.4, 0.5) is 8.78 Å². The fraction of sp³-hybridized carbons (Fsp3) is 0. The van der Waals surface area contributed by atoms with Gasteiger partial charge in [-0.2, -0.15) is 0 Å². The third kappa shape index (κ3) is 2.23. The van der Waals surface area contributed by atoms with Crippen molar-refractivity contribution in [1.82, 2.24) is 0 Å². The lowest BCUT2D eigenvalue weighted by Gasteiger charge is -1.95. The van der Waals surface area contributed by atoms with Crippen molar-refractivity contribution in [2.45, 2.75) is 0 Å². The average Bonchev–Trinajstić information content (AvgIpc) is 1.85. The molecule has 0 aromatic heterocycles. The molecule has 1 nitrogen and oxygen atoms in total. The molecule has 58 valence electrons. The van der Waals surface area contributed by atoms with Crippen molar-refractivity contribution < 1.29 is 8.78 Å². The van der Waals surface area contributed by atoms with E-state index in [9.17, 15) is 8.78 Å². The van der Waals surface area contributed by atoms with Crippen molar-refractivity contribution in [2.24, 2.45) is 4.40 Å². The molecule has 0 saturated carbocycles. The molecule has 0 saturated heterocycles. The smallest absolute Gasteiger partial charge is 0.126 e. The Balaban J connectivity index is 3.08. The third-order valence-electron chi connectivity index (χ3n) is 1.09. The molecule has 4 heteroatoms. The molecule has 1 aromatic rings. The molecular weight excluding hydrogens is 168 g/mol. The highest BCUT2D eigenvalue weighted by Crippen LogP contribution is 2.05. The van der Waals surface area contributed by atoms with Gasteiger partial charge in [0.2, 0.25) is 0 Å². The van der Waals surface area contributed by atoms with Crippen LogP contribution in [-0.4, -0.2) is 6.21 Å². The van der Waals surface area contributed by atoms with Gasteiger partial charge >= 0.3 is 0 Å². The predicted octanol–water partition coefficient (Wildman–Crippen LogP) is 1.85. The lowest BCUT2D eigenvalue weighted by Crippen LogP contribution is -1.85. The standard InChI is InChI=1S/C7H5F2NS/c8-6-1-5(4-10-11)2-7(9)3-6/h1-4,11H/p-1/b10-4+. The van der Waals surface area contributed by atoms with Gasteiger partial charge in [-0.15, -0.1) is 0 Å². The van der Waals surface area contributed by atoms with Crippen LogP contribution in [0.25, 0.3) is 0 Å². The number of nitrogens with zero attached hydrogens (tertiary/aromatic N) is 1. The van der Waals surface area contributed by atoms with Crippen LogP contribution in [0.5, 0.6) is 0 Å². The van der Waals surface area contributed by atoms with Crippen molar-refractivity contribution in [3.63, 3.8) is 0 Å². The minimum absolute atomic E-state index is 0.331. The zero-order chi connectivity index (χ0) is 8.27. The molecule has 1 rings (SSSR count). The molecule has 0 spiro atoms. The Morgan fingerprint density at radius 2 is 1.73 bits per heavy atom. The Morgan fingerprint density at radius 1 is 1.18 bits per heavy atom. The van der Waals surface area contributed by atoms with Crippen molar-refractivity contribution >= 4 is 19.0 Å². The molecule has 11 heavy (non-hydrogen) atoms. The van der Waals surface area contributed by atoms with E-state index in [-0.39, 0.29) is 0 Å². The van der Waals surface area contributed by atoms with E-state index in [1.807, 2.05) is 0 Å². The Hall–Kier alpha value is -1.03. The van der Waals surface area contributed by atoms with E-state index in [0.29, 0.717) is 5.56 Å². The monoisotopic (exact) mass is 172 g/mol. The van der Waals surface area contributed by atoms with Crippen LogP contribution in [0.15, 0.2) is 22.6 Å². The van der Waals surface area contributed by atoms with E-state index >= 15 is 0 Å². The third-order valence-corrected chi connectivity index (χ3v) is 1.19. The molecule has 0 N–H and O–H groups in total. The second-order valence-corrected chi connectivity index (χ2v) is 2.15. The summed E-state index contributed by atoms with van der Waals surface area (Å²) < 4.78 is 28.0. The van der Waals surface area contributed by atoms with Gasteiger partial charge in [0.25, 0.3) is 0 Å². The minimum atomic E-state index is -0.630. The predicted molar refractivity (Wildman–Crippen MR) is 41.3 cm³/mol. The number of halogens is 2. The molecule has 0 fully saturated rings. The van der Waals surface area contributed by atoms with Crippen molar-refractivity contribution in [1.29, 1.82) is 0 Å². The van der Waals surface area contributed by atoms with Crippen LogP contribution in [0.3, 0.4) is 0 Å². The molecule has 0 aliphatic heterocycles. The number of rotatable bonds is 1. The number of benzene rings is 1. The van der Waals surface area contributed by atoms with Crippen LogP contribution in [-0.2, 0) is 12.8 Å². The lowest BCUT2D eigenvalue weighted by molar-refractivity contribution is 0.583. The summed E-state index contributed by atoms with van der Waals surface area (Å²) in [6.07, 6.45) is 1.21. The summed E-state index contributed by atoms with van der Waals surface area (Å²) in [6, 6.07) is 3.10. The maximum Gasteiger partial charge on any atom is 0.126 e. The van der Waals surface area contributed by atoms with E-state index in [1.54, 1.807) is 0 Å². The molecule has 0 amide bonds. The van der Waals surface area contributed by atoms with Crippen LogP contribution in [0.1, 0.15) is 5.56 Å². The van der Waals surface area contributed by atoms with Gasteiger partial charge in [-0.25, -0.2) is 8.78 Å². The normalized spacial score (nSPS) is 10.7. The summed E-state index contributed by atoms with van der Waals surface area (Å²) in [5.74, 6) is -1.26. The van der Waals surface area contributed by atoms with Gasteiger partial charge in [-0.1, -0.05) is 0 Å². The second kappa shape index (κ2) is 3.39. The van der Waals surface area contributed by atoms with Gasteiger partial charge in [0.1, 0.15) is 11.6 Å². The van der Waals surface area contributed by atoms with E-state index < -0.39 is 11.6 Å². The van der Waals surface area contributed by atoms with Gasteiger partial charge in [0.05, 0.1) is 0 Å².